The number of rotatable bonds is 14. The van der Waals surface area contributed by atoms with Crippen molar-refractivity contribution in [3.05, 3.63) is 47.8 Å². The monoisotopic (exact) mass is 462 g/mol. The summed E-state index contributed by atoms with van der Waals surface area (Å²) in [6, 6.07) is 7.89. The van der Waals surface area contributed by atoms with Gasteiger partial charge in [-0.1, -0.05) is 89.5 Å². The Bertz CT molecular complexity index is 889. The summed E-state index contributed by atoms with van der Waals surface area (Å²) in [5.41, 5.74) is 3.10. The van der Waals surface area contributed by atoms with E-state index in [2.05, 4.69) is 23.8 Å². The van der Waals surface area contributed by atoms with Crippen LogP contribution in [0.4, 0.5) is 0 Å². The molecule has 4 nitrogen and oxygen atoms in total. The summed E-state index contributed by atoms with van der Waals surface area (Å²) in [6.45, 7) is 4.38. The molecular weight excluding hydrogens is 420 g/mol. The Kier molecular flexibility index (Phi) is 10.9. The molecule has 2 aromatic rings. The average Bonchev–Trinajstić information content (AvgIpc) is 2.86. The smallest absolute Gasteiger partial charge is 0.159 e. The number of hydrogen-bond donors (Lipinski definition) is 0. The first kappa shape index (κ1) is 26.2. The van der Waals surface area contributed by atoms with Crippen LogP contribution in [-0.4, -0.2) is 21.5 Å². The minimum Gasteiger partial charge on any atom is -0.299 e. The average molecular weight is 463 g/mol. The second-order valence-corrected chi connectivity index (χ2v) is 10.1. The maximum atomic E-state index is 12.7. The topological polar surface area (TPSA) is 59.9 Å². The lowest BCUT2D eigenvalue weighted by atomic mass is 9.77. The third-order valence-corrected chi connectivity index (χ3v) is 7.32. The van der Waals surface area contributed by atoms with Gasteiger partial charge in [0.25, 0.3) is 0 Å². The Morgan fingerprint density at radius 2 is 1.50 bits per heavy atom. The third-order valence-electron chi connectivity index (χ3n) is 7.32. The number of unbranched alkanes of at least 4 members (excludes halogenated alkanes) is 7. The largest absolute Gasteiger partial charge is 0.299 e. The van der Waals surface area contributed by atoms with Gasteiger partial charge in [-0.05, 0) is 42.7 Å². The molecule has 0 saturated heterocycles. The first-order chi connectivity index (χ1) is 16.6. The lowest BCUT2D eigenvalue weighted by Gasteiger charge is -2.25. The van der Waals surface area contributed by atoms with Crippen LogP contribution >= 0.6 is 0 Å². The van der Waals surface area contributed by atoms with Gasteiger partial charge < -0.3 is 0 Å². The molecule has 0 N–H and O–H groups in total. The van der Waals surface area contributed by atoms with E-state index in [0.717, 1.165) is 30.4 Å². The molecule has 0 bridgehead atoms. The molecule has 1 aliphatic carbocycles. The second-order valence-electron chi connectivity index (χ2n) is 10.1. The van der Waals surface area contributed by atoms with Crippen LogP contribution in [0.25, 0.3) is 11.4 Å². The van der Waals surface area contributed by atoms with Crippen LogP contribution in [0.5, 0.6) is 0 Å². The lowest BCUT2D eigenvalue weighted by molar-refractivity contribution is -0.135. The Morgan fingerprint density at radius 3 is 2.12 bits per heavy atom. The number of carbonyl (C=O) groups is 2. The quantitative estimate of drug-likeness (QED) is 0.218. The van der Waals surface area contributed by atoms with Crippen molar-refractivity contribution in [2.75, 3.05) is 0 Å². The van der Waals surface area contributed by atoms with Gasteiger partial charge in [0.15, 0.2) is 5.82 Å². The van der Waals surface area contributed by atoms with Gasteiger partial charge in [0.1, 0.15) is 11.6 Å². The van der Waals surface area contributed by atoms with Crippen molar-refractivity contribution >= 4 is 11.6 Å². The summed E-state index contributed by atoms with van der Waals surface area (Å²) >= 11 is 0. The summed E-state index contributed by atoms with van der Waals surface area (Å²) in [5, 5.41) is 0. The minimum atomic E-state index is -0.403. The van der Waals surface area contributed by atoms with Gasteiger partial charge in [0.05, 0.1) is 5.92 Å². The number of aryl methyl sites for hydroxylation is 1. The van der Waals surface area contributed by atoms with Crippen LogP contribution in [0.15, 0.2) is 36.7 Å². The van der Waals surface area contributed by atoms with Crippen molar-refractivity contribution < 1.29 is 9.59 Å². The highest BCUT2D eigenvalue weighted by Gasteiger charge is 2.32. The van der Waals surface area contributed by atoms with Crippen LogP contribution < -0.4 is 0 Å². The van der Waals surface area contributed by atoms with E-state index in [-0.39, 0.29) is 11.6 Å². The van der Waals surface area contributed by atoms with Crippen LogP contribution in [0.3, 0.4) is 0 Å². The number of carbonyl (C=O) groups excluding carboxylic acids is 2. The first-order valence-electron chi connectivity index (χ1n) is 13.6. The van der Waals surface area contributed by atoms with E-state index in [0.29, 0.717) is 31.0 Å². The van der Waals surface area contributed by atoms with Crippen LogP contribution in [0, 0.1) is 11.8 Å². The van der Waals surface area contributed by atoms with Crippen LogP contribution in [-0.2, 0) is 22.4 Å². The number of nitrogens with zero attached hydrogens (tertiary/aromatic N) is 2. The van der Waals surface area contributed by atoms with Crippen molar-refractivity contribution in [1.82, 2.24) is 9.97 Å². The van der Waals surface area contributed by atoms with Crippen LogP contribution in [0.2, 0.25) is 0 Å². The Balaban J connectivity index is 1.43. The number of benzene rings is 1. The fraction of sp³-hybridized carbons (Fsp3) is 0.600. The summed E-state index contributed by atoms with van der Waals surface area (Å²) in [6.07, 6.45) is 19.1. The van der Waals surface area contributed by atoms with Gasteiger partial charge in [-0.3, -0.25) is 9.59 Å². The molecule has 1 aromatic heterocycles. The summed E-state index contributed by atoms with van der Waals surface area (Å²) in [7, 11) is 0. The Morgan fingerprint density at radius 1 is 0.853 bits per heavy atom. The molecule has 1 fully saturated rings. The van der Waals surface area contributed by atoms with Gasteiger partial charge in [-0.2, -0.15) is 0 Å². The summed E-state index contributed by atoms with van der Waals surface area (Å²) in [5.74, 6) is 0.974. The van der Waals surface area contributed by atoms with Crippen molar-refractivity contribution in [3.8, 4) is 11.4 Å². The minimum absolute atomic E-state index is 0.0638. The molecule has 34 heavy (non-hydrogen) atoms. The Hall–Kier alpha value is -2.36. The number of hydrogen-bond acceptors (Lipinski definition) is 4. The molecule has 0 aliphatic heterocycles. The zero-order chi connectivity index (χ0) is 24.2. The van der Waals surface area contributed by atoms with Gasteiger partial charge >= 0.3 is 0 Å². The molecule has 0 amide bonds. The SMILES string of the molecule is CCCCCCCCCCc1cnc(-c2ccc(CC(=O)C3CCC(CC)CC3=O)cc2)nc1. The van der Waals surface area contributed by atoms with Crippen molar-refractivity contribution in [2.45, 2.75) is 104 Å². The molecule has 0 radical (unpaired) electrons. The Labute approximate surface area is 206 Å². The highest BCUT2D eigenvalue weighted by Crippen LogP contribution is 2.29. The van der Waals surface area contributed by atoms with E-state index in [9.17, 15) is 9.59 Å². The van der Waals surface area contributed by atoms with Gasteiger partial charge in [0, 0.05) is 30.8 Å². The molecule has 1 aliphatic rings. The van der Waals surface area contributed by atoms with Crippen molar-refractivity contribution in [2.24, 2.45) is 11.8 Å². The maximum absolute atomic E-state index is 12.7. The molecule has 2 unspecified atom stereocenters. The molecule has 3 rings (SSSR count). The van der Waals surface area contributed by atoms with E-state index in [1.165, 1.54) is 56.9 Å². The van der Waals surface area contributed by atoms with Crippen molar-refractivity contribution in [3.63, 3.8) is 0 Å². The van der Waals surface area contributed by atoms with E-state index in [1.807, 2.05) is 36.7 Å². The van der Waals surface area contributed by atoms with E-state index in [1.54, 1.807) is 0 Å². The zero-order valence-corrected chi connectivity index (χ0v) is 21.2. The van der Waals surface area contributed by atoms with Gasteiger partial charge in [-0.15, -0.1) is 0 Å². The molecule has 1 aromatic carbocycles. The number of aromatic nitrogens is 2. The highest BCUT2D eigenvalue weighted by molar-refractivity contribution is 6.03. The van der Waals surface area contributed by atoms with Crippen molar-refractivity contribution in [1.29, 1.82) is 0 Å². The summed E-state index contributed by atoms with van der Waals surface area (Å²) < 4.78 is 0. The maximum Gasteiger partial charge on any atom is 0.159 e. The molecule has 184 valence electrons. The predicted molar refractivity (Wildman–Crippen MR) is 139 cm³/mol. The lowest BCUT2D eigenvalue weighted by Crippen LogP contribution is -2.31. The standard InChI is InChI=1S/C30H42N2O2/c1-3-5-6-7-8-9-10-11-12-25-21-31-30(32-22-25)26-16-13-24(14-17-26)20-29(34)27-18-15-23(4-2)19-28(27)33/h13-14,16-17,21-23,27H,3-12,15,18-20H2,1-2H3. The van der Waals surface area contributed by atoms with E-state index in [4.69, 9.17) is 0 Å². The predicted octanol–water partition coefficient (Wildman–Crippen LogP) is 7.33. The molecular formula is C30H42N2O2. The zero-order valence-electron chi connectivity index (χ0n) is 21.2. The molecule has 1 saturated carbocycles. The molecule has 2 atom stereocenters. The third kappa shape index (κ3) is 8.14. The van der Waals surface area contributed by atoms with Gasteiger partial charge in [0.2, 0.25) is 0 Å². The fourth-order valence-electron chi connectivity index (χ4n) is 4.97. The van der Waals surface area contributed by atoms with E-state index < -0.39 is 5.92 Å². The second kappa shape index (κ2) is 14.1. The van der Waals surface area contributed by atoms with Crippen LogP contribution in [0.1, 0.15) is 102 Å². The molecule has 4 heteroatoms. The number of Topliss-reactive ketones (excluding diaryl/α,β-unsaturated/α-hetero) is 2. The molecule has 1 heterocycles. The molecule has 0 spiro atoms. The normalized spacial score (nSPS) is 18.2. The number of ketones is 2. The summed E-state index contributed by atoms with van der Waals surface area (Å²) in [4.78, 5) is 34.2. The first-order valence-corrected chi connectivity index (χ1v) is 13.6. The van der Waals surface area contributed by atoms with E-state index >= 15 is 0 Å². The van der Waals surface area contributed by atoms with Gasteiger partial charge in [-0.25, -0.2) is 9.97 Å². The highest BCUT2D eigenvalue weighted by atomic mass is 16.1. The fourth-order valence-corrected chi connectivity index (χ4v) is 4.97.